The van der Waals surface area contributed by atoms with Gasteiger partial charge in [-0.25, -0.2) is 8.42 Å². The van der Waals surface area contributed by atoms with Crippen molar-refractivity contribution < 1.29 is 13.5 Å². The van der Waals surface area contributed by atoms with Crippen molar-refractivity contribution in [2.45, 2.75) is 30.5 Å². The lowest BCUT2D eigenvalue weighted by Gasteiger charge is -2.10. The van der Waals surface area contributed by atoms with Crippen molar-refractivity contribution in [3.05, 3.63) is 62.0 Å². The zero-order valence-electron chi connectivity index (χ0n) is 14.8. The van der Waals surface area contributed by atoms with E-state index in [2.05, 4.69) is 15.5 Å². The van der Waals surface area contributed by atoms with Gasteiger partial charge in [0.05, 0.1) is 9.92 Å². The Labute approximate surface area is 177 Å². The van der Waals surface area contributed by atoms with Gasteiger partial charge in [0.15, 0.2) is 9.84 Å². The smallest absolute Gasteiger partial charge is 0.184 e. The number of halogens is 2. The van der Waals surface area contributed by atoms with Crippen LogP contribution in [-0.2, 0) is 28.6 Å². The Hall–Kier alpha value is -1.87. The van der Waals surface area contributed by atoms with Crippen LogP contribution in [0.1, 0.15) is 22.5 Å². The molecule has 148 valence electrons. The Morgan fingerprint density at radius 2 is 1.79 bits per heavy atom. The van der Waals surface area contributed by atoms with Gasteiger partial charge >= 0.3 is 0 Å². The summed E-state index contributed by atoms with van der Waals surface area (Å²) in [5, 5.41) is 22.9. The molecule has 0 saturated heterocycles. The minimum Gasteiger partial charge on any atom is -0.506 e. The zero-order valence-corrected chi connectivity index (χ0v) is 18.0. The summed E-state index contributed by atoms with van der Waals surface area (Å²) >= 11 is 13.2. The fourth-order valence-electron chi connectivity index (χ4n) is 2.47. The number of phenols is 1. The lowest BCUT2D eigenvalue weighted by molar-refractivity contribution is 0.469. The van der Waals surface area contributed by atoms with Crippen molar-refractivity contribution in [3.8, 4) is 5.75 Å². The first-order chi connectivity index (χ1) is 13.3. The fraction of sp³-hybridized carbons (Fsp3) is 0.222. The van der Waals surface area contributed by atoms with E-state index >= 15 is 0 Å². The summed E-state index contributed by atoms with van der Waals surface area (Å²) in [5.74, 6) is -0.215. The second-order valence-corrected chi connectivity index (χ2v) is 9.96. The van der Waals surface area contributed by atoms with Crippen molar-refractivity contribution >= 4 is 50.1 Å². The predicted octanol–water partition coefficient (Wildman–Crippen LogP) is 4.70. The van der Waals surface area contributed by atoms with E-state index in [9.17, 15) is 13.5 Å². The maximum atomic E-state index is 12.6. The molecule has 0 aliphatic heterocycles. The number of hydrogen-bond acceptors (Lipinski definition) is 7. The number of rotatable bonds is 7. The highest BCUT2D eigenvalue weighted by molar-refractivity contribution is 7.90. The minimum atomic E-state index is -3.50. The number of aromatic hydroxyl groups is 1. The SMILES string of the molecule is CCc1nnc(CS(=O)(=O)c2ccc(NCc3cc(Cl)cc(Cl)c3O)cc2)s1. The Morgan fingerprint density at radius 1 is 1.11 bits per heavy atom. The molecular weight excluding hydrogens is 441 g/mol. The first kappa shape index (κ1) is 20.9. The molecule has 1 heterocycles. The topological polar surface area (TPSA) is 92.2 Å². The van der Waals surface area contributed by atoms with Crippen molar-refractivity contribution in [3.63, 3.8) is 0 Å². The third-order valence-electron chi connectivity index (χ3n) is 3.93. The Morgan fingerprint density at radius 3 is 2.43 bits per heavy atom. The molecule has 0 spiro atoms. The van der Waals surface area contributed by atoms with Gasteiger partial charge in [0.1, 0.15) is 21.5 Å². The number of benzene rings is 2. The molecule has 0 aliphatic rings. The summed E-state index contributed by atoms with van der Waals surface area (Å²) in [4.78, 5) is 0.208. The molecular formula is C18H17Cl2N3O3S2. The lowest BCUT2D eigenvalue weighted by Crippen LogP contribution is -2.05. The molecule has 0 unspecified atom stereocenters. The average Bonchev–Trinajstić information content (AvgIpc) is 3.10. The van der Waals surface area contributed by atoms with Crippen LogP contribution >= 0.6 is 34.5 Å². The second kappa shape index (κ2) is 8.65. The quantitative estimate of drug-likeness (QED) is 0.533. The lowest BCUT2D eigenvalue weighted by atomic mass is 10.2. The molecule has 0 bridgehead atoms. The molecule has 1 aromatic heterocycles. The van der Waals surface area contributed by atoms with E-state index in [0.29, 0.717) is 21.3 Å². The van der Waals surface area contributed by atoms with Crippen LogP contribution in [0.4, 0.5) is 5.69 Å². The molecule has 0 saturated carbocycles. The van der Waals surface area contributed by atoms with Crippen LogP contribution in [0.25, 0.3) is 0 Å². The van der Waals surface area contributed by atoms with Crippen LogP contribution in [0, 0.1) is 0 Å². The number of phenolic OH excluding ortho intramolecular Hbond substituents is 1. The summed E-state index contributed by atoms with van der Waals surface area (Å²) < 4.78 is 25.1. The van der Waals surface area contributed by atoms with Gasteiger partial charge in [0.25, 0.3) is 0 Å². The first-order valence-electron chi connectivity index (χ1n) is 8.33. The number of sulfone groups is 1. The number of aryl methyl sites for hydroxylation is 1. The van der Waals surface area contributed by atoms with Crippen LogP contribution in [0.3, 0.4) is 0 Å². The van der Waals surface area contributed by atoms with Crippen molar-refractivity contribution in [2.24, 2.45) is 0 Å². The standard InChI is InChI=1S/C18H17Cl2N3O3S2/c1-2-16-22-23-17(27-16)10-28(25,26)14-5-3-13(4-6-14)21-9-11-7-12(19)8-15(20)18(11)24/h3-8,21,24H,2,9-10H2,1H3. The second-order valence-electron chi connectivity index (χ2n) is 5.98. The largest absolute Gasteiger partial charge is 0.506 e. The van der Waals surface area contributed by atoms with Gasteiger partial charge in [-0.1, -0.05) is 30.1 Å². The van der Waals surface area contributed by atoms with Gasteiger partial charge in [-0.15, -0.1) is 21.5 Å². The van der Waals surface area contributed by atoms with Gasteiger partial charge in [0.2, 0.25) is 0 Å². The first-order valence-corrected chi connectivity index (χ1v) is 11.6. The van der Waals surface area contributed by atoms with Crippen molar-refractivity contribution in [1.29, 1.82) is 0 Å². The Bertz CT molecular complexity index is 1080. The normalized spacial score (nSPS) is 11.5. The number of hydrogen-bond donors (Lipinski definition) is 2. The summed E-state index contributed by atoms with van der Waals surface area (Å²) in [7, 11) is -3.50. The van der Waals surface area contributed by atoms with Crippen LogP contribution in [0.2, 0.25) is 10.0 Å². The van der Waals surface area contributed by atoms with E-state index in [4.69, 9.17) is 23.2 Å². The van der Waals surface area contributed by atoms with E-state index in [-0.39, 0.29) is 28.0 Å². The zero-order chi connectivity index (χ0) is 20.3. The van der Waals surface area contributed by atoms with Gasteiger partial charge in [0, 0.05) is 22.8 Å². The number of nitrogens with zero attached hydrogens (tertiary/aromatic N) is 2. The van der Waals surface area contributed by atoms with Crippen molar-refractivity contribution in [2.75, 3.05) is 5.32 Å². The molecule has 0 atom stereocenters. The number of aromatic nitrogens is 2. The van der Waals surface area contributed by atoms with Crippen LogP contribution in [0.15, 0.2) is 41.3 Å². The fourth-order valence-corrected chi connectivity index (χ4v) is 5.38. The molecule has 3 rings (SSSR count). The van der Waals surface area contributed by atoms with Gasteiger partial charge in [-0.3, -0.25) is 0 Å². The Kier molecular flexibility index (Phi) is 6.44. The number of anilines is 1. The van der Waals surface area contributed by atoms with Gasteiger partial charge < -0.3 is 10.4 Å². The van der Waals surface area contributed by atoms with Crippen molar-refractivity contribution in [1.82, 2.24) is 10.2 Å². The van der Waals surface area contributed by atoms with Gasteiger partial charge in [-0.2, -0.15) is 0 Å². The summed E-state index contributed by atoms with van der Waals surface area (Å²) in [5.41, 5.74) is 1.23. The highest BCUT2D eigenvalue weighted by Crippen LogP contribution is 2.31. The summed E-state index contributed by atoms with van der Waals surface area (Å²) in [6.45, 7) is 2.23. The third kappa shape index (κ3) is 4.94. The molecule has 3 aromatic rings. The Balaban J connectivity index is 1.69. The van der Waals surface area contributed by atoms with Crippen LogP contribution < -0.4 is 5.32 Å². The molecule has 0 aliphatic carbocycles. The maximum Gasteiger partial charge on any atom is 0.184 e. The average molecular weight is 458 g/mol. The predicted molar refractivity (Wildman–Crippen MR) is 112 cm³/mol. The molecule has 2 aromatic carbocycles. The van der Waals surface area contributed by atoms with E-state index in [1.54, 1.807) is 18.2 Å². The summed E-state index contributed by atoms with van der Waals surface area (Å²) in [6, 6.07) is 9.46. The number of nitrogens with one attached hydrogen (secondary N) is 1. The molecule has 28 heavy (non-hydrogen) atoms. The highest BCUT2D eigenvalue weighted by Gasteiger charge is 2.18. The maximum absolute atomic E-state index is 12.6. The van der Waals surface area contributed by atoms with Gasteiger partial charge in [-0.05, 0) is 42.8 Å². The van der Waals surface area contributed by atoms with Crippen LogP contribution in [-0.4, -0.2) is 23.7 Å². The van der Waals surface area contributed by atoms with E-state index in [0.717, 1.165) is 11.4 Å². The third-order valence-corrected chi connectivity index (χ3v) is 7.33. The molecule has 0 radical (unpaired) electrons. The van der Waals surface area contributed by atoms with Crippen LogP contribution in [0.5, 0.6) is 5.75 Å². The molecule has 0 fully saturated rings. The molecule has 2 N–H and O–H groups in total. The van der Waals surface area contributed by atoms with E-state index in [1.807, 2.05) is 6.92 Å². The van der Waals surface area contributed by atoms with E-state index < -0.39 is 9.84 Å². The van der Waals surface area contributed by atoms with E-state index in [1.165, 1.54) is 29.5 Å². The minimum absolute atomic E-state index is 0.0405. The molecule has 6 nitrogen and oxygen atoms in total. The molecule has 10 heteroatoms. The monoisotopic (exact) mass is 457 g/mol. The highest BCUT2D eigenvalue weighted by atomic mass is 35.5. The molecule has 0 amide bonds. The summed E-state index contributed by atoms with van der Waals surface area (Å²) in [6.07, 6.45) is 0.728.